The summed E-state index contributed by atoms with van der Waals surface area (Å²) < 4.78 is 44.1. The first-order valence-electron chi connectivity index (χ1n) is 8.41. The number of amides is 1. The molecule has 0 aliphatic rings. The van der Waals surface area contributed by atoms with Crippen LogP contribution in [0.3, 0.4) is 0 Å². The number of esters is 1. The van der Waals surface area contributed by atoms with E-state index in [9.17, 15) is 22.8 Å². The second-order valence-electron chi connectivity index (χ2n) is 5.93. The van der Waals surface area contributed by atoms with Gasteiger partial charge < -0.3 is 4.74 Å². The number of aromatic nitrogens is 1. The van der Waals surface area contributed by atoms with Gasteiger partial charge in [-0.2, -0.15) is 13.2 Å². The molecule has 1 amide bonds. The van der Waals surface area contributed by atoms with Gasteiger partial charge in [-0.1, -0.05) is 30.3 Å². The van der Waals surface area contributed by atoms with Crippen LogP contribution in [0.15, 0.2) is 60.0 Å². The Balaban J connectivity index is 1.75. The quantitative estimate of drug-likeness (QED) is 0.532. The summed E-state index contributed by atoms with van der Waals surface area (Å²) in [6.45, 7) is 1.07. The summed E-state index contributed by atoms with van der Waals surface area (Å²) >= 11 is 1.16. The second kappa shape index (κ2) is 8.44. The van der Waals surface area contributed by atoms with Gasteiger partial charge in [-0.05, 0) is 24.3 Å². The molecule has 2 aromatic carbocycles. The van der Waals surface area contributed by atoms with Crippen LogP contribution in [0, 0.1) is 0 Å². The fourth-order valence-electron chi connectivity index (χ4n) is 2.59. The van der Waals surface area contributed by atoms with E-state index in [4.69, 9.17) is 4.74 Å². The normalized spacial score (nSPS) is 11.2. The first-order chi connectivity index (χ1) is 13.8. The zero-order chi connectivity index (χ0) is 21.0. The Morgan fingerprint density at radius 2 is 1.72 bits per heavy atom. The van der Waals surface area contributed by atoms with Crippen LogP contribution in [-0.2, 0) is 22.3 Å². The largest absolute Gasteiger partial charge is 0.456 e. The van der Waals surface area contributed by atoms with E-state index >= 15 is 0 Å². The average Bonchev–Trinajstić information content (AvgIpc) is 3.14. The topological polar surface area (TPSA) is 59.5 Å². The SMILES string of the molecule is CC(=O)N(c1ccccc1)c1nc(COC(=O)c2ccccc2C(F)(F)F)cs1. The van der Waals surface area contributed by atoms with Crippen LogP contribution in [0.5, 0.6) is 0 Å². The molecular weight excluding hydrogens is 405 g/mol. The third kappa shape index (κ3) is 4.80. The maximum absolute atomic E-state index is 13.0. The number of thiazole rings is 1. The molecule has 0 saturated heterocycles. The molecule has 0 saturated carbocycles. The van der Waals surface area contributed by atoms with Crippen molar-refractivity contribution in [2.75, 3.05) is 4.90 Å². The molecule has 9 heteroatoms. The van der Waals surface area contributed by atoms with Gasteiger partial charge in [0.05, 0.1) is 22.5 Å². The Bertz CT molecular complexity index is 1020. The van der Waals surface area contributed by atoms with Gasteiger partial charge >= 0.3 is 12.1 Å². The summed E-state index contributed by atoms with van der Waals surface area (Å²) in [5, 5.41) is 1.95. The summed E-state index contributed by atoms with van der Waals surface area (Å²) in [6, 6.07) is 13.3. The Hall–Kier alpha value is -3.20. The maximum atomic E-state index is 13.0. The van der Waals surface area contributed by atoms with Crippen LogP contribution in [0.25, 0.3) is 0 Å². The fraction of sp³-hybridized carbons (Fsp3) is 0.150. The molecule has 0 fully saturated rings. The van der Waals surface area contributed by atoms with Crippen molar-refractivity contribution in [2.24, 2.45) is 0 Å². The lowest BCUT2D eigenvalue weighted by atomic mass is 10.1. The molecule has 1 heterocycles. The number of anilines is 2. The Kier molecular flexibility index (Phi) is 5.97. The molecule has 5 nitrogen and oxygen atoms in total. The molecular formula is C20H15F3N2O3S. The van der Waals surface area contributed by atoms with Crippen molar-refractivity contribution in [2.45, 2.75) is 19.7 Å². The van der Waals surface area contributed by atoms with Gasteiger partial charge in [0.2, 0.25) is 5.91 Å². The molecule has 3 rings (SSSR count). The van der Waals surface area contributed by atoms with Gasteiger partial charge in [0, 0.05) is 12.3 Å². The van der Waals surface area contributed by atoms with Gasteiger partial charge in [-0.25, -0.2) is 9.78 Å². The van der Waals surface area contributed by atoms with Crippen LogP contribution in [0.2, 0.25) is 0 Å². The number of alkyl halides is 3. The monoisotopic (exact) mass is 420 g/mol. The molecule has 150 valence electrons. The van der Waals surface area contributed by atoms with E-state index in [2.05, 4.69) is 4.98 Å². The number of benzene rings is 2. The van der Waals surface area contributed by atoms with E-state index in [1.807, 2.05) is 6.07 Å². The van der Waals surface area contributed by atoms with Gasteiger partial charge in [-0.3, -0.25) is 9.69 Å². The standard InChI is InChI=1S/C20H15F3N2O3S/c1-13(26)25(15-7-3-2-4-8-15)19-24-14(12-29-19)11-28-18(27)16-9-5-6-10-17(16)20(21,22)23/h2-10,12H,11H2,1H3. The van der Waals surface area contributed by atoms with Crippen molar-refractivity contribution < 1.29 is 27.5 Å². The minimum Gasteiger partial charge on any atom is -0.456 e. The summed E-state index contributed by atoms with van der Waals surface area (Å²) in [7, 11) is 0. The van der Waals surface area contributed by atoms with Gasteiger partial charge in [0.1, 0.15) is 6.61 Å². The second-order valence-corrected chi connectivity index (χ2v) is 6.77. The number of halogens is 3. The van der Waals surface area contributed by atoms with E-state index in [0.717, 1.165) is 23.5 Å². The van der Waals surface area contributed by atoms with Gasteiger partial charge in [0.25, 0.3) is 0 Å². The zero-order valence-corrected chi connectivity index (χ0v) is 16.0. The van der Waals surface area contributed by atoms with Crippen molar-refractivity contribution in [3.63, 3.8) is 0 Å². The summed E-state index contributed by atoms with van der Waals surface area (Å²) in [5.41, 5.74) is -0.678. The lowest BCUT2D eigenvalue weighted by Crippen LogP contribution is -2.22. The van der Waals surface area contributed by atoms with Crippen molar-refractivity contribution in [3.8, 4) is 0 Å². The molecule has 0 bridgehead atoms. The minimum absolute atomic E-state index is 0.256. The van der Waals surface area contributed by atoms with Crippen LogP contribution in [-0.4, -0.2) is 16.9 Å². The molecule has 0 atom stereocenters. The molecule has 3 aromatic rings. The zero-order valence-electron chi connectivity index (χ0n) is 15.1. The number of hydrogen-bond acceptors (Lipinski definition) is 5. The number of rotatable bonds is 5. The first kappa shape index (κ1) is 20.5. The van der Waals surface area contributed by atoms with Crippen molar-refractivity contribution in [1.82, 2.24) is 4.98 Å². The molecule has 0 aliphatic carbocycles. The van der Waals surface area contributed by atoms with E-state index in [1.165, 1.54) is 24.0 Å². The summed E-state index contributed by atoms with van der Waals surface area (Å²) in [4.78, 5) is 29.8. The number of nitrogens with zero attached hydrogens (tertiary/aromatic N) is 2. The smallest absolute Gasteiger partial charge is 0.417 e. The molecule has 0 spiro atoms. The highest BCUT2D eigenvalue weighted by Gasteiger charge is 2.35. The van der Waals surface area contributed by atoms with Crippen molar-refractivity contribution in [1.29, 1.82) is 0 Å². The summed E-state index contributed by atoms with van der Waals surface area (Å²) in [6.07, 6.45) is -4.67. The minimum atomic E-state index is -4.67. The number of hydrogen-bond donors (Lipinski definition) is 0. The van der Waals surface area contributed by atoms with Gasteiger partial charge in [-0.15, -0.1) is 11.3 Å². The molecule has 0 unspecified atom stereocenters. The highest BCUT2D eigenvalue weighted by Crippen LogP contribution is 2.32. The number of para-hydroxylation sites is 1. The third-order valence-corrected chi connectivity index (χ3v) is 4.74. The highest BCUT2D eigenvalue weighted by molar-refractivity contribution is 7.14. The van der Waals surface area contributed by atoms with Gasteiger partial charge in [0.15, 0.2) is 5.13 Å². The summed E-state index contributed by atoms with van der Waals surface area (Å²) in [5.74, 6) is -1.35. The predicted octanol–water partition coefficient (Wildman–Crippen LogP) is 5.20. The average molecular weight is 420 g/mol. The van der Waals surface area contributed by atoms with E-state index in [0.29, 0.717) is 16.5 Å². The van der Waals surface area contributed by atoms with Crippen LogP contribution >= 0.6 is 11.3 Å². The first-order valence-corrected chi connectivity index (χ1v) is 9.29. The molecule has 0 radical (unpaired) electrons. The molecule has 1 aromatic heterocycles. The maximum Gasteiger partial charge on any atom is 0.417 e. The third-order valence-electron chi connectivity index (χ3n) is 3.86. The number of carbonyl (C=O) groups is 2. The number of ether oxygens (including phenoxy) is 1. The molecule has 0 N–H and O–H groups in total. The van der Waals surface area contributed by atoms with E-state index < -0.39 is 23.3 Å². The Morgan fingerprint density at radius 1 is 1.07 bits per heavy atom. The van der Waals surface area contributed by atoms with E-state index in [1.54, 1.807) is 29.6 Å². The van der Waals surface area contributed by atoms with Crippen LogP contribution in [0.1, 0.15) is 28.5 Å². The number of carbonyl (C=O) groups excluding carboxylic acids is 2. The van der Waals surface area contributed by atoms with Crippen LogP contribution < -0.4 is 4.90 Å². The fourth-order valence-corrected chi connectivity index (χ4v) is 3.47. The molecule has 0 aliphatic heterocycles. The van der Waals surface area contributed by atoms with Crippen molar-refractivity contribution in [3.05, 3.63) is 76.8 Å². The van der Waals surface area contributed by atoms with Crippen molar-refractivity contribution >= 4 is 34.0 Å². The Labute approximate surface area is 168 Å². The van der Waals surface area contributed by atoms with E-state index in [-0.39, 0.29) is 12.5 Å². The highest BCUT2D eigenvalue weighted by atomic mass is 32.1. The predicted molar refractivity (Wildman–Crippen MR) is 102 cm³/mol. The lowest BCUT2D eigenvalue weighted by molar-refractivity contribution is -0.138. The molecule has 29 heavy (non-hydrogen) atoms. The Morgan fingerprint density at radius 3 is 2.38 bits per heavy atom. The lowest BCUT2D eigenvalue weighted by Gasteiger charge is -2.17. The van der Waals surface area contributed by atoms with Crippen LogP contribution in [0.4, 0.5) is 24.0 Å².